The van der Waals surface area contributed by atoms with Gasteiger partial charge in [-0.25, -0.2) is 0 Å². The van der Waals surface area contributed by atoms with E-state index in [4.69, 9.17) is 17.0 Å². The van der Waals surface area contributed by atoms with Crippen molar-refractivity contribution < 1.29 is 14.3 Å². The number of aromatic nitrogens is 3. The molecule has 10 heteroatoms. The van der Waals surface area contributed by atoms with Gasteiger partial charge in [0.25, 0.3) is 5.91 Å². The molecule has 0 radical (unpaired) electrons. The quantitative estimate of drug-likeness (QED) is 0.596. The summed E-state index contributed by atoms with van der Waals surface area (Å²) in [6.07, 6.45) is 0. The fourth-order valence-electron chi connectivity index (χ4n) is 3.52. The molecule has 0 atom stereocenters. The number of nitrogens with zero attached hydrogens (tertiary/aromatic N) is 4. The van der Waals surface area contributed by atoms with Gasteiger partial charge in [0.05, 0.1) is 12.0 Å². The van der Waals surface area contributed by atoms with Gasteiger partial charge in [-0.3, -0.25) is 19.3 Å². The number of ether oxygens (including phenoxy) is 1. The number of hydrogen-bond acceptors (Lipinski definition) is 6. The molecule has 4 rings (SSSR count). The summed E-state index contributed by atoms with van der Waals surface area (Å²) in [5.41, 5.74) is 0.836. The van der Waals surface area contributed by atoms with Crippen LogP contribution in [-0.2, 0) is 11.3 Å². The number of rotatable bonds is 5. The highest BCUT2D eigenvalue weighted by Crippen LogP contribution is 2.22. The van der Waals surface area contributed by atoms with Gasteiger partial charge in [-0.1, -0.05) is 0 Å². The van der Waals surface area contributed by atoms with Crippen molar-refractivity contribution in [3.63, 3.8) is 0 Å². The van der Waals surface area contributed by atoms with Crippen molar-refractivity contribution >= 4 is 35.4 Å². The number of benzene rings is 1. The van der Waals surface area contributed by atoms with Gasteiger partial charge in [-0.15, -0.1) is 11.3 Å². The number of piperazine rings is 1. The number of thiophene rings is 1. The first kappa shape index (κ1) is 21.3. The summed E-state index contributed by atoms with van der Waals surface area (Å²) in [4.78, 5) is 31.0. The van der Waals surface area contributed by atoms with E-state index in [2.05, 4.69) is 10.2 Å². The van der Waals surface area contributed by atoms with Crippen molar-refractivity contribution in [1.82, 2.24) is 24.6 Å². The molecule has 31 heavy (non-hydrogen) atoms. The van der Waals surface area contributed by atoms with Crippen LogP contribution in [0.5, 0.6) is 5.75 Å². The molecule has 0 spiro atoms. The summed E-state index contributed by atoms with van der Waals surface area (Å²) in [6, 6.07) is 11.2. The lowest BCUT2D eigenvalue weighted by Gasteiger charge is -2.34. The molecule has 0 aliphatic carbocycles. The number of amides is 2. The SMILES string of the molecule is COc1ccc(-c2n[nH]c(=S)n2CC(=O)N2CCN(C(=O)c3ccc(C)s3)CC2)cc1. The summed E-state index contributed by atoms with van der Waals surface area (Å²) in [5, 5.41) is 7.07. The van der Waals surface area contributed by atoms with E-state index in [1.807, 2.05) is 43.3 Å². The number of aromatic amines is 1. The Morgan fingerprint density at radius 3 is 2.39 bits per heavy atom. The Morgan fingerprint density at radius 1 is 1.10 bits per heavy atom. The van der Waals surface area contributed by atoms with Crippen LogP contribution in [0.1, 0.15) is 14.5 Å². The third-order valence-corrected chi connectivity index (χ3v) is 6.57. The number of aryl methyl sites for hydroxylation is 1. The maximum absolute atomic E-state index is 12.9. The number of carbonyl (C=O) groups excluding carboxylic acids is 2. The average Bonchev–Trinajstić information content (AvgIpc) is 3.39. The zero-order valence-electron chi connectivity index (χ0n) is 17.3. The van der Waals surface area contributed by atoms with Crippen LogP contribution in [-0.4, -0.2) is 69.7 Å². The summed E-state index contributed by atoms with van der Waals surface area (Å²) in [5.74, 6) is 1.32. The Labute approximate surface area is 189 Å². The Morgan fingerprint density at radius 2 is 1.77 bits per heavy atom. The van der Waals surface area contributed by atoms with Crippen LogP contribution >= 0.6 is 23.6 Å². The molecular weight excluding hydrogens is 434 g/mol. The van der Waals surface area contributed by atoms with E-state index in [1.54, 1.807) is 21.5 Å². The summed E-state index contributed by atoms with van der Waals surface area (Å²) >= 11 is 6.85. The average molecular weight is 458 g/mol. The van der Waals surface area contributed by atoms with E-state index in [9.17, 15) is 9.59 Å². The van der Waals surface area contributed by atoms with Gasteiger partial charge >= 0.3 is 0 Å². The number of carbonyl (C=O) groups is 2. The lowest BCUT2D eigenvalue weighted by Crippen LogP contribution is -2.51. The molecule has 1 N–H and O–H groups in total. The minimum atomic E-state index is -0.0497. The zero-order chi connectivity index (χ0) is 22.0. The normalized spacial score (nSPS) is 14.0. The summed E-state index contributed by atoms with van der Waals surface area (Å²) in [6.45, 7) is 4.11. The fraction of sp³-hybridized carbons (Fsp3) is 0.333. The molecule has 3 heterocycles. The zero-order valence-corrected chi connectivity index (χ0v) is 19.0. The molecule has 1 aromatic carbocycles. The van der Waals surface area contributed by atoms with Crippen molar-refractivity contribution in [3.8, 4) is 17.1 Å². The molecule has 0 saturated carbocycles. The second-order valence-corrected chi connectivity index (χ2v) is 8.92. The van der Waals surface area contributed by atoms with Crippen molar-refractivity contribution in [2.24, 2.45) is 0 Å². The summed E-state index contributed by atoms with van der Waals surface area (Å²) in [7, 11) is 1.61. The predicted octanol–water partition coefficient (Wildman–Crippen LogP) is 2.97. The highest BCUT2D eigenvalue weighted by Gasteiger charge is 2.26. The van der Waals surface area contributed by atoms with Crippen LogP contribution < -0.4 is 4.74 Å². The molecule has 2 aromatic heterocycles. The van der Waals surface area contributed by atoms with Crippen LogP contribution in [0.2, 0.25) is 0 Å². The maximum atomic E-state index is 12.9. The number of hydrogen-bond donors (Lipinski definition) is 1. The first-order valence-electron chi connectivity index (χ1n) is 9.89. The third-order valence-electron chi connectivity index (χ3n) is 5.27. The number of H-pyrrole nitrogens is 1. The van der Waals surface area contributed by atoms with E-state index in [-0.39, 0.29) is 18.4 Å². The molecular formula is C21H23N5O3S2. The van der Waals surface area contributed by atoms with Gasteiger partial charge in [0.1, 0.15) is 12.3 Å². The van der Waals surface area contributed by atoms with Gasteiger partial charge in [0.15, 0.2) is 10.6 Å². The van der Waals surface area contributed by atoms with Gasteiger partial charge in [0.2, 0.25) is 5.91 Å². The van der Waals surface area contributed by atoms with Gasteiger partial charge in [-0.2, -0.15) is 5.10 Å². The Balaban J connectivity index is 1.41. The Bertz CT molecular complexity index is 1140. The maximum Gasteiger partial charge on any atom is 0.264 e. The first-order valence-corrected chi connectivity index (χ1v) is 11.1. The molecule has 1 fully saturated rings. The van der Waals surface area contributed by atoms with E-state index in [0.29, 0.717) is 36.8 Å². The smallest absolute Gasteiger partial charge is 0.264 e. The molecule has 1 aliphatic rings. The van der Waals surface area contributed by atoms with Crippen LogP contribution in [0.25, 0.3) is 11.4 Å². The van der Waals surface area contributed by atoms with Crippen molar-refractivity contribution in [3.05, 3.63) is 50.9 Å². The van der Waals surface area contributed by atoms with E-state index in [0.717, 1.165) is 21.1 Å². The van der Waals surface area contributed by atoms with Crippen molar-refractivity contribution in [2.75, 3.05) is 33.3 Å². The van der Waals surface area contributed by atoms with Crippen molar-refractivity contribution in [2.45, 2.75) is 13.5 Å². The predicted molar refractivity (Wildman–Crippen MR) is 121 cm³/mol. The molecule has 162 valence electrons. The topological polar surface area (TPSA) is 83.5 Å². The highest BCUT2D eigenvalue weighted by molar-refractivity contribution is 7.71. The lowest BCUT2D eigenvalue weighted by atomic mass is 10.2. The molecule has 1 aliphatic heterocycles. The van der Waals surface area contributed by atoms with Crippen LogP contribution in [0.15, 0.2) is 36.4 Å². The minimum absolute atomic E-state index is 0.0315. The first-order chi connectivity index (χ1) is 15.0. The van der Waals surface area contributed by atoms with E-state index in [1.165, 1.54) is 11.3 Å². The molecule has 8 nitrogen and oxygen atoms in total. The molecule has 3 aromatic rings. The van der Waals surface area contributed by atoms with Crippen LogP contribution in [0.3, 0.4) is 0 Å². The number of nitrogens with one attached hydrogen (secondary N) is 1. The van der Waals surface area contributed by atoms with Crippen LogP contribution in [0.4, 0.5) is 0 Å². The van der Waals surface area contributed by atoms with E-state index >= 15 is 0 Å². The van der Waals surface area contributed by atoms with Crippen LogP contribution in [0, 0.1) is 11.7 Å². The van der Waals surface area contributed by atoms with Gasteiger partial charge in [-0.05, 0) is 55.5 Å². The monoisotopic (exact) mass is 457 g/mol. The largest absolute Gasteiger partial charge is 0.497 e. The molecule has 1 saturated heterocycles. The Hall–Kier alpha value is -2.98. The standard InChI is InChI=1S/C21H23N5O3S2/c1-14-3-8-17(31-14)20(28)25-11-9-24(10-12-25)18(27)13-26-19(22-23-21(26)30)15-4-6-16(29-2)7-5-15/h3-8H,9-13H2,1-2H3,(H,23,30). The van der Waals surface area contributed by atoms with E-state index < -0.39 is 0 Å². The van der Waals surface area contributed by atoms with Gasteiger partial charge < -0.3 is 14.5 Å². The highest BCUT2D eigenvalue weighted by atomic mass is 32.1. The molecule has 0 bridgehead atoms. The van der Waals surface area contributed by atoms with Gasteiger partial charge in [0, 0.05) is 36.6 Å². The third kappa shape index (κ3) is 4.54. The fourth-order valence-corrected chi connectivity index (χ4v) is 4.56. The minimum Gasteiger partial charge on any atom is -0.497 e. The second kappa shape index (κ2) is 9.03. The number of methoxy groups -OCH3 is 1. The lowest BCUT2D eigenvalue weighted by molar-refractivity contribution is -0.133. The molecule has 0 unspecified atom stereocenters. The van der Waals surface area contributed by atoms with Crippen molar-refractivity contribution in [1.29, 1.82) is 0 Å². The second-order valence-electron chi connectivity index (χ2n) is 7.25. The molecule has 2 amide bonds. The Kier molecular flexibility index (Phi) is 6.19. The summed E-state index contributed by atoms with van der Waals surface area (Å²) < 4.78 is 7.29.